The first-order valence-corrected chi connectivity index (χ1v) is 8.35. The summed E-state index contributed by atoms with van der Waals surface area (Å²) >= 11 is 5.65. The van der Waals surface area contributed by atoms with Gasteiger partial charge in [0.05, 0.1) is 32.2 Å². The molecule has 3 aromatic rings. The Kier molecular flexibility index (Phi) is 5.40. The third-order valence-corrected chi connectivity index (χ3v) is 4.25. The van der Waals surface area contributed by atoms with E-state index < -0.39 is 0 Å². The maximum atomic E-state index is 5.65. The Bertz CT molecular complexity index is 800. The van der Waals surface area contributed by atoms with E-state index in [1.54, 1.807) is 19.6 Å². The molecular weight excluding hydrogens is 336 g/mol. The zero-order valence-electron chi connectivity index (χ0n) is 14.1. The molecule has 0 amide bonds. The molecule has 5 nitrogen and oxygen atoms in total. The molecule has 1 N–H and O–H groups in total. The lowest BCUT2D eigenvalue weighted by atomic mass is 10.2. The number of thiocarbonyl (C=S) groups is 1. The summed E-state index contributed by atoms with van der Waals surface area (Å²) < 4.78 is 16.3. The number of furan rings is 2. The van der Waals surface area contributed by atoms with E-state index in [1.165, 1.54) is 0 Å². The first-order chi connectivity index (χ1) is 12.2. The molecule has 1 atom stereocenters. The van der Waals surface area contributed by atoms with Gasteiger partial charge in [-0.05, 0) is 55.5 Å². The van der Waals surface area contributed by atoms with Gasteiger partial charge in [-0.3, -0.25) is 0 Å². The lowest BCUT2D eigenvalue weighted by molar-refractivity contribution is 0.269. The second kappa shape index (κ2) is 7.90. The van der Waals surface area contributed by atoms with Crippen molar-refractivity contribution in [1.82, 2.24) is 4.90 Å². The molecule has 6 heteroatoms. The van der Waals surface area contributed by atoms with E-state index in [-0.39, 0.29) is 6.04 Å². The summed E-state index contributed by atoms with van der Waals surface area (Å²) in [6.07, 6.45) is 3.32. The number of hydrogen-bond donors (Lipinski definition) is 1. The largest absolute Gasteiger partial charge is 0.497 e. The first kappa shape index (κ1) is 17.1. The fourth-order valence-corrected chi connectivity index (χ4v) is 2.87. The Morgan fingerprint density at radius 3 is 2.64 bits per heavy atom. The van der Waals surface area contributed by atoms with Gasteiger partial charge in [0.15, 0.2) is 5.11 Å². The minimum Gasteiger partial charge on any atom is -0.497 e. The van der Waals surface area contributed by atoms with Gasteiger partial charge in [0.2, 0.25) is 0 Å². The second-order valence-electron chi connectivity index (χ2n) is 5.56. The van der Waals surface area contributed by atoms with Crippen molar-refractivity contribution in [3.63, 3.8) is 0 Å². The molecule has 0 aliphatic heterocycles. The van der Waals surface area contributed by atoms with Crippen molar-refractivity contribution in [1.29, 1.82) is 0 Å². The van der Waals surface area contributed by atoms with Gasteiger partial charge in [-0.15, -0.1) is 0 Å². The van der Waals surface area contributed by atoms with Crippen molar-refractivity contribution in [3.8, 4) is 5.75 Å². The van der Waals surface area contributed by atoms with Crippen LogP contribution in [0.25, 0.3) is 0 Å². The number of ether oxygens (including phenoxy) is 1. The summed E-state index contributed by atoms with van der Waals surface area (Å²) in [5.41, 5.74) is 0.862. The Morgan fingerprint density at radius 2 is 1.96 bits per heavy atom. The van der Waals surface area contributed by atoms with Crippen molar-refractivity contribution >= 4 is 23.0 Å². The highest BCUT2D eigenvalue weighted by atomic mass is 32.1. The van der Waals surface area contributed by atoms with E-state index in [1.807, 2.05) is 60.4 Å². The number of methoxy groups -OCH3 is 1. The molecule has 0 aliphatic carbocycles. The van der Waals surface area contributed by atoms with Crippen LogP contribution in [0.5, 0.6) is 5.75 Å². The van der Waals surface area contributed by atoms with Gasteiger partial charge in [-0.1, -0.05) is 6.07 Å². The van der Waals surface area contributed by atoms with Crippen LogP contribution in [0, 0.1) is 0 Å². The highest BCUT2D eigenvalue weighted by Crippen LogP contribution is 2.25. The van der Waals surface area contributed by atoms with Crippen molar-refractivity contribution in [3.05, 3.63) is 72.6 Å². The molecule has 2 aromatic heterocycles. The molecule has 0 spiro atoms. The smallest absolute Gasteiger partial charge is 0.174 e. The van der Waals surface area contributed by atoms with Gasteiger partial charge in [-0.25, -0.2) is 0 Å². The van der Waals surface area contributed by atoms with Gasteiger partial charge in [-0.2, -0.15) is 0 Å². The monoisotopic (exact) mass is 356 g/mol. The standard InChI is InChI=1S/C19H20N2O3S/c1-14(18-9-5-11-24-18)21(13-17-8-4-10-23-17)19(25)20-15-6-3-7-16(12-15)22-2/h3-12,14H,13H2,1-2H3,(H,20,25)/t14-/m0/s1. The van der Waals surface area contributed by atoms with Crippen molar-refractivity contribution in [2.75, 3.05) is 12.4 Å². The topological polar surface area (TPSA) is 50.8 Å². The number of benzene rings is 1. The maximum absolute atomic E-state index is 5.65. The molecule has 0 unspecified atom stereocenters. The Labute approximate surface area is 152 Å². The predicted octanol–water partition coefficient (Wildman–Crippen LogP) is 4.84. The average molecular weight is 356 g/mol. The summed E-state index contributed by atoms with van der Waals surface area (Å²) in [7, 11) is 1.64. The Balaban J connectivity index is 1.80. The van der Waals surface area contributed by atoms with Gasteiger partial charge in [0.1, 0.15) is 17.3 Å². The number of nitrogens with zero attached hydrogens (tertiary/aromatic N) is 1. The summed E-state index contributed by atoms with van der Waals surface area (Å²) in [4.78, 5) is 2.02. The molecule has 25 heavy (non-hydrogen) atoms. The van der Waals surface area contributed by atoms with E-state index >= 15 is 0 Å². The second-order valence-corrected chi connectivity index (χ2v) is 5.95. The third kappa shape index (κ3) is 4.22. The van der Waals surface area contributed by atoms with Crippen LogP contribution in [0.15, 0.2) is 69.9 Å². The summed E-state index contributed by atoms with van der Waals surface area (Å²) in [6, 6.07) is 15.2. The van der Waals surface area contributed by atoms with Crippen LogP contribution in [0.2, 0.25) is 0 Å². The van der Waals surface area contributed by atoms with Crippen LogP contribution in [-0.4, -0.2) is 17.1 Å². The minimum atomic E-state index is -0.0503. The molecule has 2 heterocycles. The highest BCUT2D eigenvalue weighted by Gasteiger charge is 2.22. The van der Waals surface area contributed by atoms with E-state index in [0.717, 1.165) is 23.0 Å². The molecular formula is C19H20N2O3S. The lowest BCUT2D eigenvalue weighted by Gasteiger charge is -2.30. The number of anilines is 1. The van der Waals surface area contributed by atoms with Gasteiger partial charge in [0.25, 0.3) is 0 Å². The van der Waals surface area contributed by atoms with Crippen LogP contribution in [0.3, 0.4) is 0 Å². The number of rotatable bonds is 6. The Morgan fingerprint density at radius 1 is 1.16 bits per heavy atom. The molecule has 0 aliphatic rings. The van der Waals surface area contributed by atoms with Crippen LogP contribution < -0.4 is 10.1 Å². The summed E-state index contributed by atoms with van der Waals surface area (Å²) in [6.45, 7) is 2.58. The van der Waals surface area contributed by atoms with Crippen LogP contribution >= 0.6 is 12.2 Å². The number of nitrogens with one attached hydrogen (secondary N) is 1. The fraction of sp³-hybridized carbons (Fsp3) is 0.211. The molecule has 130 valence electrons. The fourth-order valence-electron chi connectivity index (χ4n) is 2.53. The van der Waals surface area contributed by atoms with E-state index in [9.17, 15) is 0 Å². The highest BCUT2D eigenvalue weighted by molar-refractivity contribution is 7.80. The Hall–Kier alpha value is -2.73. The zero-order valence-corrected chi connectivity index (χ0v) is 15.0. The zero-order chi connectivity index (χ0) is 17.6. The normalized spacial score (nSPS) is 11.8. The maximum Gasteiger partial charge on any atom is 0.174 e. The first-order valence-electron chi connectivity index (χ1n) is 7.95. The molecule has 0 radical (unpaired) electrons. The molecule has 3 rings (SSSR count). The van der Waals surface area contributed by atoms with Gasteiger partial charge >= 0.3 is 0 Å². The summed E-state index contributed by atoms with van der Waals surface area (Å²) in [5.74, 6) is 2.43. The lowest BCUT2D eigenvalue weighted by Crippen LogP contribution is -2.36. The quantitative estimate of drug-likeness (QED) is 0.638. The van der Waals surface area contributed by atoms with Gasteiger partial charge < -0.3 is 23.8 Å². The number of hydrogen-bond acceptors (Lipinski definition) is 4. The van der Waals surface area contributed by atoms with E-state index in [2.05, 4.69) is 5.32 Å². The molecule has 0 bridgehead atoms. The SMILES string of the molecule is COc1cccc(NC(=S)N(Cc2ccco2)[C@@H](C)c2ccco2)c1. The predicted molar refractivity (Wildman–Crippen MR) is 101 cm³/mol. The molecule has 0 saturated carbocycles. The summed E-state index contributed by atoms with van der Waals surface area (Å²) in [5, 5.41) is 3.84. The molecule has 0 fully saturated rings. The molecule has 1 aromatic carbocycles. The molecule has 0 saturated heterocycles. The third-order valence-electron chi connectivity index (χ3n) is 3.91. The minimum absolute atomic E-state index is 0.0503. The van der Waals surface area contributed by atoms with E-state index in [4.69, 9.17) is 25.8 Å². The van der Waals surface area contributed by atoms with E-state index in [0.29, 0.717) is 11.7 Å². The van der Waals surface area contributed by atoms with Crippen molar-refractivity contribution < 1.29 is 13.6 Å². The van der Waals surface area contributed by atoms with Crippen molar-refractivity contribution in [2.45, 2.75) is 19.5 Å². The van der Waals surface area contributed by atoms with Crippen LogP contribution in [0.1, 0.15) is 24.5 Å². The average Bonchev–Trinajstić information content (AvgIpc) is 3.33. The van der Waals surface area contributed by atoms with Crippen molar-refractivity contribution in [2.24, 2.45) is 0 Å². The van der Waals surface area contributed by atoms with Crippen LogP contribution in [-0.2, 0) is 6.54 Å². The van der Waals surface area contributed by atoms with Gasteiger partial charge in [0, 0.05) is 11.8 Å². The van der Waals surface area contributed by atoms with Crippen LogP contribution in [0.4, 0.5) is 5.69 Å².